The molecule has 3 fully saturated rings. The lowest BCUT2D eigenvalue weighted by molar-refractivity contribution is -0.0963. The molecular formula is C18H33N3O3. The lowest BCUT2D eigenvalue weighted by Crippen LogP contribution is -2.56. The summed E-state index contributed by atoms with van der Waals surface area (Å²) >= 11 is 0. The van der Waals surface area contributed by atoms with Crippen molar-refractivity contribution in [2.45, 2.75) is 56.8 Å². The molecule has 0 bridgehead atoms. The van der Waals surface area contributed by atoms with Crippen molar-refractivity contribution >= 4 is 6.03 Å². The Balaban J connectivity index is 1.52. The van der Waals surface area contributed by atoms with Crippen molar-refractivity contribution in [2.24, 2.45) is 5.92 Å². The summed E-state index contributed by atoms with van der Waals surface area (Å²) in [7, 11) is 4.28. The van der Waals surface area contributed by atoms with Gasteiger partial charge in [0.2, 0.25) is 0 Å². The van der Waals surface area contributed by atoms with Crippen LogP contribution in [-0.4, -0.2) is 74.6 Å². The number of carbonyl (C=O) groups is 1. The fourth-order valence-electron chi connectivity index (χ4n) is 4.41. The first-order valence-corrected chi connectivity index (χ1v) is 9.54. The summed E-state index contributed by atoms with van der Waals surface area (Å²) in [6.45, 7) is 3.68. The van der Waals surface area contributed by atoms with Gasteiger partial charge >= 0.3 is 6.03 Å². The van der Waals surface area contributed by atoms with E-state index in [1.807, 2.05) is 4.90 Å². The minimum Gasteiger partial charge on any atom is -0.350 e. The van der Waals surface area contributed by atoms with E-state index in [1.54, 1.807) is 0 Å². The van der Waals surface area contributed by atoms with E-state index in [0.29, 0.717) is 19.1 Å². The molecule has 2 saturated heterocycles. The molecule has 1 aliphatic carbocycles. The van der Waals surface area contributed by atoms with Crippen LogP contribution in [0, 0.1) is 5.92 Å². The Morgan fingerprint density at radius 3 is 2.54 bits per heavy atom. The summed E-state index contributed by atoms with van der Waals surface area (Å²) in [4.78, 5) is 16.9. The topological polar surface area (TPSA) is 54.0 Å². The van der Waals surface area contributed by atoms with Crippen molar-refractivity contribution < 1.29 is 14.3 Å². The average molecular weight is 339 g/mol. The highest BCUT2D eigenvalue weighted by atomic mass is 16.7. The number of carbonyl (C=O) groups excluding carboxylic acids is 1. The molecule has 6 nitrogen and oxygen atoms in total. The Hall–Kier alpha value is -0.850. The first kappa shape index (κ1) is 18.0. The van der Waals surface area contributed by atoms with Crippen LogP contribution in [0.25, 0.3) is 0 Å². The number of nitrogens with zero attached hydrogens (tertiary/aromatic N) is 2. The standard InChI is InChI=1S/C18H33N3O3/c1-20(2)18(8-4-3-5-9-18)14-19-17(22)21-10-6-7-15(13-21)16-23-11-12-24-16/h15-16H,3-14H2,1-2H3,(H,19,22)/t15-/m0/s1. The maximum Gasteiger partial charge on any atom is 0.317 e. The highest BCUT2D eigenvalue weighted by molar-refractivity contribution is 5.74. The molecule has 0 spiro atoms. The smallest absolute Gasteiger partial charge is 0.317 e. The van der Waals surface area contributed by atoms with Gasteiger partial charge in [-0.2, -0.15) is 0 Å². The SMILES string of the molecule is CN(C)C1(CNC(=O)N2CCC[C@H](C3OCCO3)C2)CCCCC1. The highest BCUT2D eigenvalue weighted by Crippen LogP contribution is 2.32. The van der Waals surface area contributed by atoms with Gasteiger partial charge in [0.15, 0.2) is 6.29 Å². The summed E-state index contributed by atoms with van der Waals surface area (Å²) in [5.74, 6) is 0.310. The van der Waals surface area contributed by atoms with Gasteiger partial charge in [-0.25, -0.2) is 4.79 Å². The maximum absolute atomic E-state index is 12.7. The second kappa shape index (κ2) is 8.02. The van der Waals surface area contributed by atoms with Crippen LogP contribution < -0.4 is 5.32 Å². The third-order valence-electron chi connectivity index (χ3n) is 6.08. The van der Waals surface area contributed by atoms with Gasteiger partial charge in [0.25, 0.3) is 0 Å². The predicted octanol–water partition coefficient (Wildman–Crippen LogP) is 2.05. The lowest BCUT2D eigenvalue weighted by atomic mass is 9.80. The van der Waals surface area contributed by atoms with E-state index in [-0.39, 0.29) is 17.9 Å². The number of ether oxygens (including phenoxy) is 2. The largest absolute Gasteiger partial charge is 0.350 e. The Labute approximate surface area is 145 Å². The fourth-order valence-corrected chi connectivity index (χ4v) is 4.41. The molecule has 1 N–H and O–H groups in total. The van der Waals surface area contributed by atoms with Crippen LogP contribution >= 0.6 is 0 Å². The number of nitrogens with one attached hydrogen (secondary N) is 1. The predicted molar refractivity (Wildman–Crippen MR) is 92.9 cm³/mol. The quantitative estimate of drug-likeness (QED) is 0.852. The fraction of sp³-hybridized carbons (Fsp3) is 0.944. The van der Waals surface area contributed by atoms with Gasteiger partial charge in [-0.1, -0.05) is 19.3 Å². The van der Waals surface area contributed by atoms with Gasteiger partial charge in [0.1, 0.15) is 0 Å². The molecule has 2 heterocycles. The van der Waals surface area contributed by atoms with Crippen molar-refractivity contribution in [1.29, 1.82) is 0 Å². The second-order valence-corrected chi connectivity index (χ2v) is 7.80. The number of rotatable bonds is 4. The molecule has 3 rings (SSSR count). The van der Waals surface area contributed by atoms with Crippen LogP contribution in [0.4, 0.5) is 4.79 Å². The number of piperidine rings is 1. The molecule has 2 amide bonds. The highest BCUT2D eigenvalue weighted by Gasteiger charge is 2.36. The van der Waals surface area contributed by atoms with E-state index in [4.69, 9.17) is 9.47 Å². The molecule has 1 atom stereocenters. The molecule has 0 aromatic heterocycles. The number of hydrogen-bond donors (Lipinski definition) is 1. The summed E-state index contributed by atoms with van der Waals surface area (Å²) in [5.41, 5.74) is 0.126. The zero-order valence-electron chi connectivity index (χ0n) is 15.3. The zero-order chi connectivity index (χ0) is 17.0. The van der Waals surface area contributed by atoms with E-state index in [2.05, 4.69) is 24.3 Å². The zero-order valence-corrected chi connectivity index (χ0v) is 15.3. The molecule has 138 valence electrons. The van der Waals surface area contributed by atoms with Gasteiger partial charge < -0.3 is 24.6 Å². The number of likely N-dealkylation sites (tertiary alicyclic amines) is 1. The van der Waals surface area contributed by atoms with Gasteiger partial charge in [-0.05, 0) is 39.8 Å². The molecule has 0 unspecified atom stereocenters. The Morgan fingerprint density at radius 2 is 1.88 bits per heavy atom. The molecule has 0 radical (unpaired) electrons. The first-order chi connectivity index (χ1) is 11.6. The Bertz CT molecular complexity index is 418. The van der Waals surface area contributed by atoms with Crippen LogP contribution in [0.1, 0.15) is 44.9 Å². The maximum atomic E-state index is 12.7. The van der Waals surface area contributed by atoms with Crippen molar-refractivity contribution in [3.8, 4) is 0 Å². The molecule has 2 aliphatic heterocycles. The number of likely N-dealkylation sites (N-methyl/N-ethyl adjacent to an activating group) is 1. The monoisotopic (exact) mass is 339 g/mol. The lowest BCUT2D eigenvalue weighted by Gasteiger charge is -2.43. The molecule has 0 aromatic carbocycles. The molecule has 3 aliphatic rings. The third-order valence-corrected chi connectivity index (χ3v) is 6.08. The van der Waals surface area contributed by atoms with E-state index in [1.165, 1.54) is 32.1 Å². The van der Waals surface area contributed by atoms with E-state index >= 15 is 0 Å². The third kappa shape index (κ3) is 4.03. The van der Waals surface area contributed by atoms with Crippen molar-refractivity contribution in [3.05, 3.63) is 0 Å². The van der Waals surface area contributed by atoms with E-state index in [9.17, 15) is 4.79 Å². The average Bonchev–Trinajstić information content (AvgIpc) is 3.15. The minimum absolute atomic E-state index is 0.0736. The Morgan fingerprint density at radius 1 is 1.17 bits per heavy atom. The van der Waals surface area contributed by atoms with Crippen LogP contribution in [-0.2, 0) is 9.47 Å². The summed E-state index contributed by atoms with van der Waals surface area (Å²) in [5, 5.41) is 3.22. The molecule has 6 heteroatoms. The normalized spacial score (nSPS) is 28.3. The van der Waals surface area contributed by atoms with Crippen LogP contribution in [0.15, 0.2) is 0 Å². The minimum atomic E-state index is -0.118. The van der Waals surface area contributed by atoms with Gasteiger partial charge in [0, 0.05) is 31.1 Å². The van der Waals surface area contributed by atoms with Crippen LogP contribution in [0.3, 0.4) is 0 Å². The van der Waals surface area contributed by atoms with Crippen LogP contribution in [0.2, 0.25) is 0 Å². The second-order valence-electron chi connectivity index (χ2n) is 7.80. The summed E-state index contributed by atoms with van der Waals surface area (Å²) < 4.78 is 11.3. The number of amides is 2. The number of hydrogen-bond acceptors (Lipinski definition) is 4. The van der Waals surface area contributed by atoms with Gasteiger partial charge in [0.05, 0.1) is 13.2 Å². The van der Waals surface area contributed by atoms with Crippen LogP contribution in [0.5, 0.6) is 0 Å². The van der Waals surface area contributed by atoms with E-state index in [0.717, 1.165) is 32.5 Å². The van der Waals surface area contributed by atoms with Gasteiger partial charge in [-0.3, -0.25) is 0 Å². The Kier molecular flexibility index (Phi) is 6.00. The number of urea groups is 1. The molecule has 0 aromatic rings. The van der Waals surface area contributed by atoms with Crippen molar-refractivity contribution in [2.75, 3.05) is 46.9 Å². The van der Waals surface area contributed by atoms with Crippen molar-refractivity contribution in [1.82, 2.24) is 15.1 Å². The molecule has 24 heavy (non-hydrogen) atoms. The van der Waals surface area contributed by atoms with Crippen molar-refractivity contribution in [3.63, 3.8) is 0 Å². The van der Waals surface area contributed by atoms with E-state index < -0.39 is 0 Å². The molecular weight excluding hydrogens is 306 g/mol. The summed E-state index contributed by atoms with van der Waals surface area (Å²) in [6.07, 6.45) is 8.17. The molecule has 1 saturated carbocycles. The summed E-state index contributed by atoms with van der Waals surface area (Å²) in [6, 6.07) is 0.0736. The first-order valence-electron chi connectivity index (χ1n) is 9.54. The van der Waals surface area contributed by atoms with Gasteiger partial charge in [-0.15, -0.1) is 0 Å².